The van der Waals surface area contributed by atoms with Crippen molar-refractivity contribution >= 4 is 43.1 Å². The summed E-state index contributed by atoms with van der Waals surface area (Å²) in [6, 6.07) is 4.58. The summed E-state index contributed by atoms with van der Waals surface area (Å²) < 4.78 is 60.7. The molecule has 4 aliphatic rings. The molecule has 4 saturated heterocycles. The van der Waals surface area contributed by atoms with Gasteiger partial charge in [-0.2, -0.15) is 15.2 Å². The van der Waals surface area contributed by atoms with Crippen molar-refractivity contribution in [3.05, 3.63) is 47.3 Å². The van der Waals surface area contributed by atoms with Crippen molar-refractivity contribution in [3.63, 3.8) is 0 Å². The minimum Gasteiger partial charge on any atom is -0.493 e. The van der Waals surface area contributed by atoms with Gasteiger partial charge in [0.05, 0.1) is 40.5 Å². The highest BCUT2D eigenvalue weighted by Gasteiger charge is 2.51. The minimum atomic E-state index is -1.03. The molecule has 0 saturated carbocycles. The van der Waals surface area contributed by atoms with Gasteiger partial charge in [0.2, 0.25) is 0 Å². The van der Waals surface area contributed by atoms with E-state index < -0.39 is 28.6 Å². The molecule has 4 aromatic rings. The number of rotatable bonds is 7. The number of piperazine rings is 1. The lowest BCUT2D eigenvalue weighted by molar-refractivity contribution is 0.0645. The first-order valence-electron chi connectivity index (χ1n) is 16.0. The number of nitriles is 1. The fourth-order valence-corrected chi connectivity index (χ4v) is 9.35. The Morgan fingerprint density at radius 2 is 1.94 bits per heavy atom. The van der Waals surface area contributed by atoms with Crippen LogP contribution in [0, 0.1) is 28.8 Å². The van der Waals surface area contributed by atoms with Gasteiger partial charge >= 0.3 is 6.01 Å². The number of aliphatic hydroxyl groups excluding tert-OH is 1. The first-order chi connectivity index (χ1) is 23.2. The third-order valence-electron chi connectivity index (χ3n) is 10.5. The second kappa shape index (κ2) is 11.5. The van der Waals surface area contributed by atoms with E-state index in [-0.39, 0.29) is 80.2 Å². The van der Waals surface area contributed by atoms with Gasteiger partial charge in [0.25, 0.3) is 0 Å². The van der Waals surface area contributed by atoms with Crippen LogP contribution in [0.2, 0.25) is 0 Å². The Bertz CT molecular complexity index is 2040. The van der Waals surface area contributed by atoms with Crippen LogP contribution in [0.15, 0.2) is 24.3 Å². The Labute approximate surface area is 278 Å². The van der Waals surface area contributed by atoms with Gasteiger partial charge in [0, 0.05) is 43.1 Å². The number of thiophene rings is 1. The largest absolute Gasteiger partial charge is 0.493 e. The number of methoxy groups -OCH3 is 1. The number of aliphatic hydroxyl groups is 1. The van der Waals surface area contributed by atoms with Crippen molar-refractivity contribution in [3.8, 4) is 29.0 Å². The second-order valence-corrected chi connectivity index (χ2v) is 14.4. The number of nitrogens with one attached hydrogen (secondary N) is 1. The van der Waals surface area contributed by atoms with Crippen LogP contribution in [-0.4, -0.2) is 83.6 Å². The zero-order valence-corrected chi connectivity index (χ0v) is 27.1. The topological polar surface area (TPSA) is 133 Å². The molecule has 0 amide bonds. The molecule has 6 heterocycles. The molecule has 250 valence electrons. The second-order valence-electron chi connectivity index (χ2n) is 13.3. The lowest BCUT2D eigenvalue weighted by atomic mass is 9.94. The Morgan fingerprint density at radius 1 is 1.17 bits per heavy atom. The first kappa shape index (κ1) is 31.1. The molecule has 0 unspecified atom stereocenters. The van der Waals surface area contributed by atoms with Crippen LogP contribution >= 0.6 is 11.3 Å². The van der Waals surface area contributed by atoms with Gasteiger partial charge < -0.3 is 30.5 Å². The van der Waals surface area contributed by atoms with E-state index in [2.05, 4.69) is 21.8 Å². The van der Waals surface area contributed by atoms with Crippen LogP contribution in [0.1, 0.15) is 37.7 Å². The van der Waals surface area contributed by atoms with Crippen molar-refractivity contribution in [2.75, 3.05) is 50.6 Å². The molecule has 0 radical (unpaired) electrons. The maximum Gasteiger partial charge on any atom is 0.319 e. The van der Waals surface area contributed by atoms with Gasteiger partial charge in [0.1, 0.15) is 34.8 Å². The van der Waals surface area contributed by atoms with E-state index in [4.69, 9.17) is 20.2 Å². The van der Waals surface area contributed by atoms with Gasteiger partial charge in [-0.1, -0.05) is 18.2 Å². The molecule has 4 N–H and O–H groups in total. The number of halogens is 3. The quantitative estimate of drug-likeness (QED) is 0.233. The van der Waals surface area contributed by atoms with Crippen molar-refractivity contribution in [2.45, 2.75) is 55.8 Å². The predicted molar refractivity (Wildman–Crippen MR) is 177 cm³/mol. The first-order valence-corrected chi connectivity index (χ1v) is 16.8. The minimum absolute atomic E-state index is 0.0125. The summed E-state index contributed by atoms with van der Waals surface area (Å²) >= 11 is 0.842. The number of fused-ring (bicyclic) bond motifs is 5. The summed E-state index contributed by atoms with van der Waals surface area (Å²) in [5.41, 5.74) is 5.82. The summed E-state index contributed by atoms with van der Waals surface area (Å²) in [5.74, 6) is -2.69. The summed E-state index contributed by atoms with van der Waals surface area (Å²) in [6.07, 6.45) is 4.21. The fraction of sp³-hybridized carbons (Fsp3) is 0.441. The van der Waals surface area contributed by atoms with E-state index >= 15 is 8.78 Å². The Kier molecular flexibility index (Phi) is 7.44. The normalized spacial score (nSPS) is 25.3. The van der Waals surface area contributed by atoms with Crippen LogP contribution < -0.4 is 25.4 Å². The molecule has 14 heteroatoms. The molecule has 4 aliphatic heterocycles. The molecular weight excluding hydrogens is 643 g/mol. The maximum atomic E-state index is 17.1. The number of nitrogens with zero attached hydrogens (tertiary/aromatic N) is 5. The molecule has 48 heavy (non-hydrogen) atoms. The number of benzene rings is 2. The van der Waals surface area contributed by atoms with E-state index in [1.54, 1.807) is 0 Å². The third kappa shape index (κ3) is 4.62. The number of nitrogens with two attached hydrogens (primary N) is 1. The molecule has 2 bridgehead atoms. The van der Waals surface area contributed by atoms with E-state index in [0.29, 0.717) is 31.9 Å². The molecule has 0 aliphatic carbocycles. The average Bonchev–Trinajstić information content (AvgIpc) is 3.80. The van der Waals surface area contributed by atoms with E-state index in [0.717, 1.165) is 48.7 Å². The van der Waals surface area contributed by atoms with Crippen LogP contribution in [-0.2, 0) is 0 Å². The van der Waals surface area contributed by atoms with Gasteiger partial charge in [-0.25, -0.2) is 13.2 Å². The Hall–Kier alpha value is -4.16. The Balaban J connectivity index is 1.32. The number of ether oxygens (including phenoxy) is 2. The smallest absolute Gasteiger partial charge is 0.319 e. The van der Waals surface area contributed by atoms with Crippen molar-refractivity contribution < 1.29 is 27.8 Å². The van der Waals surface area contributed by atoms with Gasteiger partial charge in [-0.3, -0.25) is 4.90 Å². The lowest BCUT2D eigenvalue weighted by Gasteiger charge is -2.35. The summed E-state index contributed by atoms with van der Waals surface area (Å²) in [5, 5.41) is 23.6. The van der Waals surface area contributed by atoms with Crippen LogP contribution in [0.5, 0.6) is 11.8 Å². The van der Waals surface area contributed by atoms with E-state index in [1.165, 1.54) is 13.2 Å². The SMILES string of the molecule is C=C1CN2[C@H](CO)CC[C@@]2(COc2nc(N3C[C@H]4CC[C@@H](C3)N4)c3c(OC)c(F)c(-c4ccc(F)c5sc(N)c(C#N)c45)c(F)c3n2)C1. The monoisotopic (exact) mass is 677 g/mol. The zero-order chi connectivity index (χ0) is 33.5. The number of anilines is 2. The number of aromatic nitrogens is 2. The molecule has 4 fully saturated rings. The average molecular weight is 678 g/mol. The van der Waals surface area contributed by atoms with Gasteiger partial charge in [-0.15, -0.1) is 11.3 Å². The predicted octanol–water partition coefficient (Wildman–Crippen LogP) is 4.87. The summed E-state index contributed by atoms with van der Waals surface area (Å²) in [4.78, 5) is 13.6. The van der Waals surface area contributed by atoms with Crippen LogP contribution in [0.3, 0.4) is 0 Å². The summed E-state index contributed by atoms with van der Waals surface area (Å²) in [7, 11) is 1.29. The number of nitrogen functional groups attached to an aromatic ring is 1. The molecule has 0 spiro atoms. The lowest BCUT2D eigenvalue weighted by Crippen LogP contribution is -2.51. The molecular formula is C34H34F3N7O3S. The standard InChI is InChI=1S/C34H34F3N7O3S/c1-16-9-34(8-7-19(14-45)44(34)11-16)15-47-33-41-28-25(32(42-33)43-12-17-3-4-18(13-43)40-17)29(46-2)27(37)24(26(28)36)20-5-6-22(35)30-23(20)21(10-38)31(39)48-30/h5-6,17-19,40,45H,1,3-4,7-9,11-15,39H2,2H3/t17-,18+,19-,34-/m0/s1. The fourth-order valence-electron chi connectivity index (χ4n) is 8.40. The maximum absolute atomic E-state index is 17.1. The highest BCUT2D eigenvalue weighted by Crippen LogP contribution is 2.48. The van der Waals surface area contributed by atoms with E-state index in [9.17, 15) is 14.8 Å². The molecule has 4 atom stereocenters. The third-order valence-corrected chi connectivity index (χ3v) is 11.5. The molecule has 2 aromatic carbocycles. The number of hydrogen-bond donors (Lipinski definition) is 3. The van der Waals surface area contributed by atoms with Gasteiger partial charge in [0.15, 0.2) is 17.4 Å². The van der Waals surface area contributed by atoms with E-state index in [1.807, 2.05) is 11.0 Å². The molecule has 2 aromatic heterocycles. The van der Waals surface area contributed by atoms with Gasteiger partial charge in [-0.05, 0) is 43.7 Å². The van der Waals surface area contributed by atoms with Crippen LogP contribution in [0.4, 0.5) is 24.0 Å². The summed E-state index contributed by atoms with van der Waals surface area (Å²) in [6.45, 7) is 6.17. The molecule has 10 nitrogen and oxygen atoms in total. The van der Waals surface area contributed by atoms with Crippen molar-refractivity contribution in [1.82, 2.24) is 20.2 Å². The highest BCUT2D eigenvalue weighted by atomic mass is 32.1. The highest BCUT2D eigenvalue weighted by molar-refractivity contribution is 7.23. The van der Waals surface area contributed by atoms with Crippen molar-refractivity contribution in [1.29, 1.82) is 5.26 Å². The zero-order valence-electron chi connectivity index (χ0n) is 26.3. The Morgan fingerprint density at radius 3 is 2.65 bits per heavy atom. The number of hydrogen-bond acceptors (Lipinski definition) is 11. The van der Waals surface area contributed by atoms with Crippen molar-refractivity contribution in [2.24, 2.45) is 0 Å². The molecule has 8 rings (SSSR count). The van der Waals surface area contributed by atoms with Crippen LogP contribution in [0.25, 0.3) is 32.1 Å².